The molecule has 0 amide bonds. The minimum atomic E-state index is -0.690. The van der Waals surface area contributed by atoms with Gasteiger partial charge in [0.1, 0.15) is 0 Å². The minimum Gasteiger partial charge on any atom is -0.311 e. The summed E-state index contributed by atoms with van der Waals surface area (Å²) in [6, 6.07) is 1.22. The van der Waals surface area contributed by atoms with E-state index in [2.05, 4.69) is 17.3 Å². The largest absolute Gasteiger partial charge is 0.311 e. The van der Waals surface area contributed by atoms with Crippen molar-refractivity contribution >= 4 is 0 Å². The molecule has 5 aliphatic carbocycles. The fourth-order valence-electron chi connectivity index (χ4n) is 7.32. The molecule has 0 aromatic carbocycles. The summed E-state index contributed by atoms with van der Waals surface area (Å²) in [5.74, 6) is 1.33. The average molecular weight is 393 g/mol. The molecule has 0 aromatic rings. The summed E-state index contributed by atoms with van der Waals surface area (Å²) in [5, 5.41) is 3.88. The predicted molar refractivity (Wildman–Crippen MR) is 103 cm³/mol. The molecule has 5 saturated carbocycles. The van der Waals surface area contributed by atoms with Gasteiger partial charge in [-0.05, 0) is 89.8 Å². The van der Waals surface area contributed by atoms with Gasteiger partial charge in [-0.25, -0.2) is 0 Å². The van der Waals surface area contributed by atoms with Gasteiger partial charge in [-0.1, -0.05) is 0 Å². The van der Waals surface area contributed by atoms with E-state index in [4.69, 9.17) is 19.6 Å². The van der Waals surface area contributed by atoms with E-state index < -0.39 is 11.6 Å². The van der Waals surface area contributed by atoms with Gasteiger partial charge in [0.2, 0.25) is 11.6 Å². The smallest absolute Gasteiger partial charge is 0.239 e. The molecule has 28 heavy (non-hydrogen) atoms. The maximum Gasteiger partial charge on any atom is 0.239 e. The van der Waals surface area contributed by atoms with E-state index >= 15 is 0 Å². The molecule has 0 radical (unpaired) electrons. The van der Waals surface area contributed by atoms with Gasteiger partial charge in [0.15, 0.2) is 0 Å². The molecular weight excluding hydrogens is 356 g/mol. The lowest BCUT2D eigenvalue weighted by atomic mass is 9.53. The van der Waals surface area contributed by atoms with Crippen LogP contribution in [0, 0.1) is 23.7 Å². The summed E-state index contributed by atoms with van der Waals surface area (Å²) < 4.78 is 0. The highest BCUT2D eigenvalue weighted by molar-refractivity contribution is 5.03. The van der Waals surface area contributed by atoms with Crippen LogP contribution in [-0.2, 0) is 19.6 Å². The first-order chi connectivity index (χ1) is 13.6. The van der Waals surface area contributed by atoms with Crippen LogP contribution in [0.3, 0.4) is 0 Å². The maximum atomic E-state index is 6.16. The Hall–Kier alpha value is -0.240. The van der Waals surface area contributed by atoms with Crippen molar-refractivity contribution in [2.75, 3.05) is 20.1 Å². The zero-order valence-corrected chi connectivity index (χ0v) is 17.2. The van der Waals surface area contributed by atoms with Crippen LogP contribution >= 0.6 is 0 Å². The van der Waals surface area contributed by atoms with E-state index in [1.807, 2.05) is 0 Å². The lowest BCUT2D eigenvalue weighted by molar-refractivity contribution is -0.680. The summed E-state index contributed by atoms with van der Waals surface area (Å²) >= 11 is 0. The first-order valence-corrected chi connectivity index (χ1v) is 11.8. The molecule has 4 bridgehead atoms. The molecule has 2 saturated heterocycles. The monoisotopic (exact) mass is 392 g/mol. The summed E-state index contributed by atoms with van der Waals surface area (Å²) in [6.07, 6.45) is 12.6. The lowest BCUT2D eigenvalue weighted by Crippen LogP contribution is -2.65. The lowest BCUT2D eigenvalue weighted by Gasteiger charge is -2.60. The standard InChI is InChI=1S/C22H36N2O4/c1-24-8-4-20(5-9-24)23-19-2-6-21(7-3-19)25-27-22(28-26-21)17-11-15-10-16(13-17)14-18(22)12-15/h15-20,23H,2-14H2,1H3. The molecule has 7 rings (SSSR count). The third kappa shape index (κ3) is 3.07. The Labute approximate surface area is 168 Å². The molecule has 0 atom stereocenters. The predicted octanol–water partition coefficient (Wildman–Crippen LogP) is 3.37. The zero-order valence-electron chi connectivity index (χ0n) is 17.2. The summed E-state index contributed by atoms with van der Waals surface area (Å²) in [4.78, 5) is 26.9. The molecule has 0 aromatic heterocycles. The van der Waals surface area contributed by atoms with Crippen molar-refractivity contribution in [1.82, 2.24) is 10.2 Å². The van der Waals surface area contributed by atoms with Gasteiger partial charge in [0.25, 0.3) is 0 Å². The van der Waals surface area contributed by atoms with Crippen LogP contribution in [0.4, 0.5) is 0 Å². The van der Waals surface area contributed by atoms with Gasteiger partial charge >= 0.3 is 0 Å². The molecule has 6 heteroatoms. The SMILES string of the molecule is CN1CCC(NC2CCC3(CC2)OOC2(OO3)C3CC4CC(C3)CC2C4)CC1. The van der Waals surface area contributed by atoms with Crippen LogP contribution in [0.25, 0.3) is 0 Å². The van der Waals surface area contributed by atoms with Crippen LogP contribution in [0.1, 0.15) is 70.6 Å². The highest BCUT2D eigenvalue weighted by Crippen LogP contribution is 2.61. The van der Waals surface area contributed by atoms with Crippen LogP contribution in [0.2, 0.25) is 0 Å². The van der Waals surface area contributed by atoms with Gasteiger partial charge in [0.05, 0.1) is 0 Å². The highest BCUT2D eigenvalue weighted by atomic mass is 17.4. The van der Waals surface area contributed by atoms with Crippen molar-refractivity contribution in [3.05, 3.63) is 0 Å². The van der Waals surface area contributed by atoms with Gasteiger partial charge in [-0.15, -0.1) is 0 Å². The Morgan fingerprint density at radius 3 is 1.82 bits per heavy atom. The van der Waals surface area contributed by atoms with Crippen molar-refractivity contribution < 1.29 is 19.6 Å². The first-order valence-electron chi connectivity index (χ1n) is 11.8. The third-order valence-electron chi connectivity index (χ3n) is 8.86. The third-order valence-corrected chi connectivity index (χ3v) is 8.86. The van der Waals surface area contributed by atoms with Crippen molar-refractivity contribution in [3.63, 3.8) is 0 Å². The Kier molecular flexibility index (Phi) is 4.56. The average Bonchev–Trinajstić information content (AvgIpc) is 2.71. The first kappa shape index (κ1) is 18.5. The van der Waals surface area contributed by atoms with Crippen molar-refractivity contribution in [2.45, 2.75) is 94.3 Å². The number of hydrogen-bond donors (Lipinski definition) is 1. The van der Waals surface area contributed by atoms with E-state index in [1.165, 1.54) is 58.0 Å². The van der Waals surface area contributed by atoms with Crippen LogP contribution in [0.15, 0.2) is 0 Å². The molecule has 0 unspecified atom stereocenters. The van der Waals surface area contributed by atoms with Gasteiger partial charge in [-0.3, -0.25) is 0 Å². The topological polar surface area (TPSA) is 52.2 Å². The number of hydrogen-bond acceptors (Lipinski definition) is 6. The highest BCUT2D eigenvalue weighted by Gasteiger charge is 2.64. The number of rotatable bonds is 2. The van der Waals surface area contributed by atoms with Crippen LogP contribution in [-0.4, -0.2) is 48.7 Å². The zero-order chi connectivity index (χ0) is 18.8. The van der Waals surface area contributed by atoms with Crippen molar-refractivity contribution in [3.8, 4) is 0 Å². The van der Waals surface area contributed by atoms with E-state index in [0.29, 0.717) is 23.9 Å². The Morgan fingerprint density at radius 1 is 0.714 bits per heavy atom. The molecule has 158 valence electrons. The molecule has 2 heterocycles. The molecule has 7 aliphatic rings. The second-order valence-corrected chi connectivity index (χ2v) is 10.8. The number of nitrogens with zero attached hydrogens (tertiary/aromatic N) is 1. The summed E-state index contributed by atoms with van der Waals surface area (Å²) in [7, 11) is 2.22. The van der Waals surface area contributed by atoms with E-state index in [9.17, 15) is 0 Å². The second-order valence-electron chi connectivity index (χ2n) is 10.8. The van der Waals surface area contributed by atoms with Gasteiger partial charge in [0, 0.05) is 36.8 Å². The number of likely N-dealkylation sites (tertiary alicyclic amines) is 1. The molecule has 2 aliphatic heterocycles. The molecule has 1 N–H and O–H groups in total. The van der Waals surface area contributed by atoms with Crippen molar-refractivity contribution in [2.24, 2.45) is 23.7 Å². The Morgan fingerprint density at radius 2 is 1.25 bits per heavy atom. The second kappa shape index (κ2) is 6.89. The van der Waals surface area contributed by atoms with E-state index in [-0.39, 0.29) is 0 Å². The normalized spacial score (nSPS) is 52.0. The fraction of sp³-hybridized carbons (Fsp3) is 1.00. The fourth-order valence-corrected chi connectivity index (χ4v) is 7.32. The van der Waals surface area contributed by atoms with Crippen LogP contribution < -0.4 is 5.32 Å². The Bertz CT molecular complexity index is 543. The maximum absolute atomic E-state index is 6.16. The van der Waals surface area contributed by atoms with Crippen molar-refractivity contribution in [1.29, 1.82) is 0 Å². The van der Waals surface area contributed by atoms with Gasteiger partial charge < -0.3 is 10.2 Å². The molecular formula is C22H36N2O4. The number of piperidine rings is 1. The van der Waals surface area contributed by atoms with E-state index in [0.717, 1.165) is 37.5 Å². The molecule has 7 fully saturated rings. The van der Waals surface area contributed by atoms with Crippen LogP contribution in [0.5, 0.6) is 0 Å². The minimum absolute atomic E-state index is 0.448. The Balaban J connectivity index is 1.04. The van der Waals surface area contributed by atoms with E-state index in [1.54, 1.807) is 0 Å². The molecule has 6 nitrogen and oxygen atoms in total. The summed E-state index contributed by atoms with van der Waals surface area (Å²) in [5.41, 5.74) is 0. The number of nitrogens with one attached hydrogen (secondary N) is 1. The summed E-state index contributed by atoms with van der Waals surface area (Å²) in [6.45, 7) is 2.41. The molecule has 2 spiro atoms. The quantitative estimate of drug-likeness (QED) is 0.727. The van der Waals surface area contributed by atoms with Gasteiger partial charge in [-0.2, -0.15) is 19.6 Å².